The topological polar surface area (TPSA) is 61.8 Å². The molecule has 0 radical (unpaired) electrons. The van der Waals surface area contributed by atoms with E-state index in [0.717, 1.165) is 30.5 Å². The molecule has 1 aliphatic rings. The monoisotopic (exact) mass is 329 g/mol. The second-order valence-corrected chi connectivity index (χ2v) is 6.07. The smallest absolute Gasteiger partial charge is 0.243 e. The lowest BCUT2D eigenvalue weighted by atomic mass is 10.0. The Labute approximate surface area is 144 Å². The van der Waals surface area contributed by atoms with Crippen LogP contribution in [0.2, 0.25) is 0 Å². The second-order valence-electron chi connectivity index (χ2n) is 6.07. The minimum Gasteiger partial charge on any atom is -0.356 e. The first-order valence-electron chi connectivity index (χ1n) is 8.88. The molecule has 1 heterocycles. The van der Waals surface area contributed by atoms with Crippen LogP contribution in [-0.2, 0) is 16.0 Å². The van der Waals surface area contributed by atoms with Crippen molar-refractivity contribution >= 4 is 17.5 Å². The molecule has 24 heavy (non-hydrogen) atoms. The molecule has 1 aromatic rings. The molecular formula is C19H27N3O2. The van der Waals surface area contributed by atoms with Crippen molar-refractivity contribution in [3.05, 3.63) is 35.4 Å². The van der Waals surface area contributed by atoms with Gasteiger partial charge in [0.25, 0.3) is 0 Å². The number of carbonyl (C=O) groups is 2. The third kappa shape index (κ3) is 5.18. The predicted molar refractivity (Wildman–Crippen MR) is 95.8 cm³/mol. The Bertz CT molecular complexity index is 593. The molecule has 0 aliphatic carbocycles. The summed E-state index contributed by atoms with van der Waals surface area (Å²) in [6.07, 6.45) is 4.43. The Balaban J connectivity index is 1.95. The number of aryl methyl sites for hydroxylation is 1. The van der Waals surface area contributed by atoms with E-state index in [4.69, 9.17) is 0 Å². The van der Waals surface area contributed by atoms with Gasteiger partial charge >= 0.3 is 0 Å². The minimum absolute atomic E-state index is 0.00899. The average molecular weight is 329 g/mol. The van der Waals surface area contributed by atoms with Gasteiger partial charge in [0.1, 0.15) is 0 Å². The molecule has 0 bridgehead atoms. The Morgan fingerprint density at radius 3 is 2.62 bits per heavy atom. The summed E-state index contributed by atoms with van der Waals surface area (Å²) in [5.74, 6) is -0.0313. The highest BCUT2D eigenvalue weighted by Crippen LogP contribution is 2.16. The van der Waals surface area contributed by atoms with Crippen LogP contribution in [0, 0.1) is 0 Å². The molecule has 5 heteroatoms. The Hall–Kier alpha value is -2.17. The zero-order valence-electron chi connectivity index (χ0n) is 14.7. The Kier molecular flexibility index (Phi) is 6.97. The van der Waals surface area contributed by atoms with Crippen LogP contribution in [0.4, 0.5) is 0 Å². The van der Waals surface area contributed by atoms with Gasteiger partial charge in [0.05, 0.1) is 12.3 Å². The Morgan fingerprint density at radius 1 is 1.21 bits per heavy atom. The van der Waals surface area contributed by atoms with E-state index in [1.807, 2.05) is 0 Å². The first-order chi connectivity index (χ1) is 11.6. The van der Waals surface area contributed by atoms with E-state index in [-0.39, 0.29) is 11.8 Å². The second kappa shape index (κ2) is 9.21. The molecule has 0 spiro atoms. The van der Waals surface area contributed by atoms with Crippen LogP contribution in [0.25, 0.3) is 0 Å². The molecule has 1 N–H and O–H groups in total. The molecule has 0 unspecified atom stereocenters. The van der Waals surface area contributed by atoms with Crippen LogP contribution >= 0.6 is 0 Å². The van der Waals surface area contributed by atoms with Crippen molar-refractivity contribution in [2.24, 2.45) is 5.10 Å². The maximum Gasteiger partial charge on any atom is 0.243 e. The summed E-state index contributed by atoms with van der Waals surface area (Å²) in [6.45, 7) is 5.25. The molecule has 0 aromatic heterocycles. The zero-order valence-corrected chi connectivity index (χ0v) is 14.7. The summed E-state index contributed by atoms with van der Waals surface area (Å²) in [4.78, 5) is 23.8. The molecule has 2 amide bonds. The van der Waals surface area contributed by atoms with E-state index in [9.17, 15) is 9.59 Å². The number of amides is 2. The van der Waals surface area contributed by atoms with Gasteiger partial charge in [0.2, 0.25) is 11.8 Å². The van der Waals surface area contributed by atoms with Crippen LogP contribution in [-0.4, -0.2) is 35.6 Å². The number of hydrogen-bond acceptors (Lipinski definition) is 3. The van der Waals surface area contributed by atoms with Crippen LogP contribution in [0.15, 0.2) is 29.4 Å². The van der Waals surface area contributed by atoms with E-state index in [1.165, 1.54) is 10.6 Å². The average Bonchev–Trinajstić information content (AvgIpc) is 2.61. The summed E-state index contributed by atoms with van der Waals surface area (Å²) in [5.41, 5.74) is 3.26. The van der Waals surface area contributed by atoms with E-state index < -0.39 is 0 Å². The van der Waals surface area contributed by atoms with Gasteiger partial charge in [-0.2, -0.15) is 5.10 Å². The summed E-state index contributed by atoms with van der Waals surface area (Å²) < 4.78 is 0. The minimum atomic E-state index is -0.0223. The highest BCUT2D eigenvalue weighted by atomic mass is 16.2. The van der Waals surface area contributed by atoms with Crippen LogP contribution in [0.5, 0.6) is 0 Å². The van der Waals surface area contributed by atoms with E-state index >= 15 is 0 Å². The number of unbranched alkanes of at least 4 members (excludes halogenated alkanes) is 1. The number of nitrogens with one attached hydrogen (secondary N) is 1. The summed E-state index contributed by atoms with van der Waals surface area (Å²) in [6, 6.07) is 8.31. The predicted octanol–water partition coefficient (Wildman–Crippen LogP) is 2.88. The quantitative estimate of drug-likeness (QED) is 0.746. The van der Waals surface area contributed by atoms with Gasteiger partial charge in [0, 0.05) is 25.8 Å². The molecule has 0 saturated carbocycles. The number of carbonyl (C=O) groups excluding carboxylic acids is 2. The van der Waals surface area contributed by atoms with Crippen molar-refractivity contribution in [3.63, 3.8) is 0 Å². The maximum atomic E-state index is 12.0. The zero-order chi connectivity index (χ0) is 17.4. The van der Waals surface area contributed by atoms with Gasteiger partial charge in [-0.3, -0.25) is 9.59 Å². The fourth-order valence-electron chi connectivity index (χ4n) is 2.62. The van der Waals surface area contributed by atoms with Crippen molar-refractivity contribution in [3.8, 4) is 0 Å². The number of benzene rings is 1. The molecule has 0 saturated heterocycles. The summed E-state index contributed by atoms with van der Waals surface area (Å²) in [7, 11) is 0. The van der Waals surface area contributed by atoms with Crippen LogP contribution in [0.3, 0.4) is 0 Å². The lowest BCUT2D eigenvalue weighted by molar-refractivity contribution is -0.132. The van der Waals surface area contributed by atoms with Crippen molar-refractivity contribution in [1.82, 2.24) is 10.3 Å². The molecule has 2 rings (SSSR count). The molecule has 1 aliphatic heterocycles. The maximum absolute atomic E-state index is 12.0. The standard InChI is InChI=1S/C19H27N3O2/c1-3-5-13-20-18(23)12-14-22-19(24)11-10-17(21-22)16-8-6-15(4-2)7-9-16/h6-9H,3-5,10-14H2,1-2H3,(H,20,23). The first kappa shape index (κ1) is 18.2. The van der Waals surface area contributed by atoms with Gasteiger partial charge in [-0.05, 0) is 24.0 Å². The van der Waals surface area contributed by atoms with E-state index in [2.05, 4.69) is 48.5 Å². The van der Waals surface area contributed by atoms with E-state index in [1.54, 1.807) is 0 Å². The third-order valence-electron chi connectivity index (χ3n) is 4.20. The molecule has 130 valence electrons. The van der Waals surface area contributed by atoms with Gasteiger partial charge in [-0.1, -0.05) is 44.5 Å². The van der Waals surface area contributed by atoms with Crippen molar-refractivity contribution in [1.29, 1.82) is 0 Å². The highest BCUT2D eigenvalue weighted by molar-refractivity contribution is 6.04. The van der Waals surface area contributed by atoms with E-state index in [0.29, 0.717) is 32.4 Å². The lowest BCUT2D eigenvalue weighted by Gasteiger charge is -2.23. The fourth-order valence-corrected chi connectivity index (χ4v) is 2.62. The SMILES string of the molecule is CCCCNC(=O)CCN1N=C(c2ccc(CC)cc2)CCC1=O. The molecule has 0 atom stereocenters. The van der Waals surface area contributed by atoms with Crippen molar-refractivity contribution in [2.45, 2.75) is 52.4 Å². The molecule has 1 aromatic carbocycles. The third-order valence-corrected chi connectivity index (χ3v) is 4.20. The number of nitrogens with zero attached hydrogens (tertiary/aromatic N) is 2. The van der Waals surface area contributed by atoms with Gasteiger partial charge in [0.15, 0.2) is 0 Å². The first-order valence-corrected chi connectivity index (χ1v) is 8.88. The fraction of sp³-hybridized carbons (Fsp3) is 0.526. The van der Waals surface area contributed by atoms with Crippen molar-refractivity contribution in [2.75, 3.05) is 13.1 Å². The van der Waals surface area contributed by atoms with Gasteiger partial charge in [-0.15, -0.1) is 0 Å². The van der Waals surface area contributed by atoms with Crippen LogP contribution in [0.1, 0.15) is 57.1 Å². The summed E-state index contributed by atoms with van der Waals surface area (Å²) >= 11 is 0. The molecule has 5 nitrogen and oxygen atoms in total. The number of rotatable bonds is 8. The van der Waals surface area contributed by atoms with Crippen LogP contribution < -0.4 is 5.32 Å². The Morgan fingerprint density at radius 2 is 1.96 bits per heavy atom. The van der Waals surface area contributed by atoms with Gasteiger partial charge < -0.3 is 5.32 Å². The number of hydrazone groups is 1. The number of hydrogen-bond donors (Lipinski definition) is 1. The van der Waals surface area contributed by atoms with Crippen molar-refractivity contribution < 1.29 is 9.59 Å². The van der Waals surface area contributed by atoms with Gasteiger partial charge in [-0.25, -0.2) is 5.01 Å². The largest absolute Gasteiger partial charge is 0.356 e. The lowest BCUT2D eigenvalue weighted by Crippen LogP contribution is -2.35. The molecular weight excluding hydrogens is 302 g/mol. The summed E-state index contributed by atoms with van der Waals surface area (Å²) in [5, 5.41) is 8.80. The molecule has 0 fully saturated rings. The highest BCUT2D eigenvalue weighted by Gasteiger charge is 2.21. The normalized spacial score (nSPS) is 14.5.